The smallest absolute Gasteiger partial charge is 0.280 e. The molecule has 2 aliphatic rings. The number of aryl methyl sites for hydroxylation is 1. The maximum Gasteiger partial charge on any atom is 0.280 e. The van der Waals surface area contributed by atoms with Crippen LogP contribution in [0.4, 0.5) is 5.69 Å². The number of ether oxygens (including phenoxy) is 1. The number of nitrogens with one attached hydrogen (secondary N) is 2. The number of fused-ring (bicyclic) bond motifs is 1. The van der Waals surface area contributed by atoms with Crippen LogP contribution in [0.3, 0.4) is 0 Å². The highest BCUT2D eigenvalue weighted by molar-refractivity contribution is 7.20. The molecule has 1 aromatic heterocycles. The highest BCUT2D eigenvalue weighted by Crippen LogP contribution is 2.29. The van der Waals surface area contributed by atoms with Crippen molar-refractivity contribution in [2.24, 2.45) is 0 Å². The van der Waals surface area contributed by atoms with E-state index in [-0.39, 0.29) is 18.1 Å². The molecule has 0 radical (unpaired) electrons. The fourth-order valence-electron chi connectivity index (χ4n) is 4.47. The molecule has 32 heavy (non-hydrogen) atoms. The van der Waals surface area contributed by atoms with E-state index in [0.29, 0.717) is 5.01 Å². The van der Waals surface area contributed by atoms with Crippen LogP contribution in [0.2, 0.25) is 0 Å². The van der Waals surface area contributed by atoms with Crippen molar-refractivity contribution in [1.82, 2.24) is 15.6 Å². The van der Waals surface area contributed by atoms with Crippen LogP contribution in [0.15, 0.2) is 42.5 Å². The van der Waals surface area contributed by atoms with Crippen molar-refractivity contribution in [1.29, 1.82) is 0 Å². The van der Waals surface area contributed by atoms with Gasteiger partial charge in [0.1, 0.15) is 11.9 Å². The van der Waals surface area contributed by atoms with Gasteiger partial charge in [-0.05, 0) is 63.2 Å². The number of aromatic nitrogens is 1. The number of hydrogen-bond donors (Lipinski definition) is 2. The largest absolute Gasteiger partial charge is 0.490 e. The van der Waals surface area contributed by atoms with E-state index in [4.69, 9.17) is 4.74 Å². The first kappa shape index (κ1) is 21.2. The lowest BCUT2D eigenvalue weighted by atomic mass is 10.1. The molecule has 7 heteroatoms. The third-order valence-electron chi connectivity index (χ3n) is 6.37. The Balaban J connectivity index is 1.19. The zero-order valence-electron chi connectivity index (χ0n) is 18.5. The van der Waals surface area contributed by atoms with Crippen molar-refractivity contribution in [3.8, 4) is 5.75 Å². The van der Waals surface area contributed by atoms with Crippen LogP contribution in [-0.2, 0) is 0 Å². The molecule has 2 aliphatic heterocycles. The molecule has 0 spiro atoms. The van der Waals surface area contributed by atoms with Gasteiger partial charge in [0.05, 0.1) is 10.2 Å². The predicted octanol–water partition coefficient (Wildman–Crippen LogP) is 4.13. The number of amides is 1. The summed E-state index contributed by atoms with van der Waals surface area (Å²) < 4.78 is 7.30. The van der Waals surface area contributed by atoms with Gasteiger partial charge in [-0.3, -0.25) is 4.79 Å². The second kappa shape index (κ2) is 9.46. The fraction of sp³-hybridized carbons (Fsp3) is 0.440. The quantitative estimate of drug-likeness (QED) is 0.612. The van der Waals surface area contributed by atoms with Crippen molar-refractivity contribution in [3.05, 3.63) is 53.0 Å². The molecule has 2 fully saturated rings. The summed E-state index contributed by atoms with van der Waals surface area (Å²) in [4.78, 5) is 19.6. The molecule has 0 saturated carbocycles. The molecule has 1 amide bonds. The van der Waals surface area contributed by atoms with Gasteiger partial charge in [0.2, 0.25) is 0 Å². The normalized spacial score (nSPS) is 18.1. The van der Waals surface area contributed by atoms with Crippen molar-refractivity contribution >= 4 is 33.1 Å². The minimum absolute atomic E-state index is 0.0657. The third-order valence-corrected chi connectivity index (χ3v) is 7.39. The summed E-state index contributed by atoms with van der Waals surface area (Å²) in [5.74, 6) is 0.796. The molecule has 3 aromatic rings. The highest BCUT2D eigenvalue weighted by atomic mass is 32.1. The first-order valence-corrected chi connectivity index (χ1v) is 12.4. The number of nitrogens with zero attached hydrogens (tertiary/aromatic N) is 2. The number of rotatable bonds is 5. The Bertz CT molecular complexity index is 1070. The average molecular weight is 451 g/mol. The Labute approximate surface area is 193 Å². The first-order chi connectivity index (χ1) is 15.6. The number of hydrogen-bond acceptors (Lipinski definition) is 6. The summed E-state index contributed by atoms with van der Waals surface area (Å²) in [6.07, 6.45) is 4.15. The molecule has 3 heterocycles. The number of piperidine rings is 2. The van der Waals surface area contributed by atoms with E-state index in [1.54, 1.807) is 0 Å². The lowest BCUT2D eigenvalue weighted by molar-refractivity contribution is 0.0929. The van der Waals surface area contributed by atoms with Gasteiger partial charge < -0.3 is 20.3 Å². The zero-order chi connectivity index (χ0) is 21.9. The van der Waals surface area contributed by atoms with Crippen LogP contribution in [0.5, 0.6) is 5.75 Å². The van der Waals surface area contributed by atoms with Crippen LogP contribution in [0, 0.1) is 6.92 Å². The van der Waals surface area contributed by atoms with Crippen LogP contribution in [-0.4, -0.2) is 49.2 Å². The average Bonchev–Trinajstić information content (AvgIpc) is 3.25. The number of carbonyl (C=O) groups is 1. The third kappa shape index (κ3) is 4.89. The van der Waals surface area contributed by atoms with E-state index < -0.39 is 0 Å². The molecule has 0 atom stereocenters. The van der Waals surface area contributed by atoms with Crippen molar-refractivity contribution < 1.29 is 9.53 Å². The van der Waals surface area contributed by atoms with E-state index >= 15 is 0 Å². The van der Waals surface area contributed by atoms with Crippen LogP contribution < -0.4 is 20.3 Å². The van der Waals surface area contributed by atoms with Gasteiger partial charge in [0.25, 0.3) is 5.91 Å². The SMILES string of the molecule is Cc1ccc(N2CCC(Oc3ccc4nc(C(=O)NC5CCNCC5)sc4c3)CC2)cc1. The van der Waals surface area contributed by atoms with Crippen molar-refractivity contribution in [2.75, 3.05) is 31.1 Å². The van der Waals surface area contributed by atoms with Crippen LogP contribution in [0.1, 0.15) is 41.0 Å². The molecule has 6 nitrogen and oxygen atoms in total. The number of carbonyl (C=O) groups excluding carboxylic acids is 1. The molecule has 2 saturated heterocycles. The summed E-state index contributed by atoms with van der Waals surface area (Å²) >= 11 is 1.44. The Morgan fingerprint density at radius 1 is 1.09 bits per heavy atom. The van der Waals surface area contributed by atoms with Gasteiger partial charge in [-0.25, -0.2) is 4.98 Å². The molecular formula is C25H30N4O2S. The fourth-order valence-corrected chi connectivity index (χ4v) is 5.37. The summed E-state index contributed by atoms with van der Waals surface area (Å²) in [7, 11) is 0. The Morgan fingerprint density at radius 2 is 1.84 bits per heavy atom. The van der Waals surface area contributed by atoms with Crippen LogP contribution in [0.25, 0.3) is 10.2 Å². The van der Waals surface area contributed by atoms with Crippen LogP contribution >= 0.6 is 11.3 Å². The predicted molar refractivity (Wildman–Crippen MR) is 130 cm³/mol. The maximum absolute atomic E-state index is 12.6. The number of thiazole rings is 1. The van der Waals surface area contributed by atoms with E-state index in [9.17, 15) is 4.79 Å². The van der Waals surface area contributed by atoms with Gasteiger partial charge in [-0.15, -0.1) is 11.3 Å². The summed E-state index contributed by atoms with van der Waals surface area (Å²) in [6.45, 7) is 6.02. The topological polar surface area (TPSA) is 66.5 Å². The van der Waals surface area contributed by atoms with Gasteiger partial charge in [0, 0.05) is 37.7 Å². The van der Waals surface area contributed by atoms with Gasteiger partial charge in [0.15, 0.2) is 5.01 Å². The van der Waals surface area contributed by atoms with Gasteiger partial charge in [-0.2, -0.15) is 0 Å². The molecule has 2 N–H and O–H groups in total. The zero-order valence-corrected chi connectivity index (χ0v) is 19.3. The van der Waals surface area contributed by atoms with E-state index in [0.717, 1.165) is 67.8 Å². The summed E-state index contributed by atoms with van der Waals surface area (Å²) in [5.41, 5.74) is 3.43. The maximum atomic E-state index is 12.6. The Hall–Kier alpha value is -2.64. The molecule has 0 bridgehead atoms. The minimum atomic E-state index is -0.0657. The minimum Gasteiger partial charge on any atom is -0.490 e. The summed E-state index contributed by atoms with van der Waals surface area (Å²) in [5, 5.41) is 6.98. The monoisotopic (exact) mass is 450 g/mol. The van der Waals surface area contributed by atoms with Gasteiger partial charge in [-0.1, -0.05) is 17.7 Å². The van der Waals surface area contributed by atoms with E-state index in [1.807, 2.05) is 18.2 Å². The summed E-state index contributed by atoms with van der Waals surface area (Å²) in [6, 6.07) is 14.9. The molecule has 0 aliphatic carbocycles. The molecule has 0 unspecified atom stereocenters. The highest BCUT2D eigenvalue weighted by Gasteiger charge is 2.22. The number of anilines is 1. The van der Waals surface area contributed by atoms with Gasteiger partial charge >= 0.3 is 0 Å². The van der Waals surface area contributed by atoms with Crippen molar-refractivity contribution in [2.45, 2.75) is 44.8 Å². The van der Waals surface area contributed by atoms with E-state index in [2.05, 4.69) is 51.7 Å². The Kier molecular flexibility index (Phi) is 6.28. The lowest BCUT2D eigenvalue weighted by Crippen LogP contribution is -2.42. The van der Waals surface area contributed by atoms with E-state index in [1.165, 1.54) is 22.6 Å². The second-order valence-electron chi connectivity index (χ2n) is 8.79. The second-order valence-corrected chi connectivity index (χ2v) is 9.82. The molecule has 5 rings (SSSR count). The lowest BCUT2D eigenvalue weighted by Gasteiger charge is -2.33. The molecule has 2 aromatic carbocycles. The number of benzene rings is 2. The Morgan fingerprint density at radius 3 is 2.59 bits per heavy atom. The molecule has 168 valence electrons. The first-order valence-electron chi connectivity index (χ1n) is 11.5. The standard InChI is InChI=1S/C25H30N4O2S/c1-17-2-4-19(5-3-17)29-14-10-20(11-15-29)31-21-6-7-22-23(16-21)32-25(28-22)24(30)27-18-8-12-26-13-9-18/h2-7,16,18,20,26H,8-15H2,1H3,(H,27,30). The van der Waals surface area contributed by atoms with Crippen molar-refractivity contribution in [3.63, 3.8) is 0 Å². The molecular weight excluding hydrogens is 420 g/mol.